The van der Waals surface area contributed by atoms with Crippen LogP contribution in [0.3, 0.4) is 0 Å². The fraction of sp³-hybridized carbons (Fsp3) is 0.900. The van der Waals surface area contributed by atoms with Crippen molar-refractivity contribution in [2.45, 2.75) is 45.2 Å². The summed E-state index contributed by atoms with van der Waals surface area (Å²) in [6.07, 6.45) is -3.22. The Bertz CT molecular complexity index is 228. The normalized spacial score (nSPS) is 36.7. The van der Waals surface area contributed by atoms with Gasteiger partial charge in [0.05, 0.1) is 12.7 Å². The van der Waals surface area contributed by atoms with Crippen molar-refractivity contribution in [1.29, 1.82) is 0 Å². The molecule has 0 spiro atoms. The highest BCUT2D eigenvalue weighted by atomic mass is 16.6. The molecule has 4 atom stereocenters. The average molecular weight is 218 g/mol. The van der Waals surface area contributed by atoms with Gasteiger partial charge in [-0.3, -0.25) is 4.79 Å². The Hall–Kier alpha value is -0.650. The van der Waals surface area contributed by atoms with Crippen LogP contribution in [0.25, 0.3) is 0 Å². The van der Waals surface area contributed by atoms with Crippen LogP contribution in [0, 0.1) is 5.92 Å². The summed E-state index contributed by atoms with van der Waals surface area (Å²) in [6.45, 7) is 5.16. The van der Waals surface area contributed by atoms with Crippen LogP contribution in [-0.4, -0.2) is 47.2 Å². The first-order valence-electron chi connectivity index (χ1n) is 5.08. The number of aliphatic hydroxyl groups is 2. The summed E-state index contributed by atoms with van der Waals surface area (Å²) in [5.74, 6) is -0.376. The third-order valence-corrected chi connectivity index (χ3v) is 2.47. The molecule has 0 amide bonds. The van der Waals surface area contributed by atoms with Gasteiger partial charge in [-0.25, -0.2) is 0 Å². The number of carbonyl (C=O) groups is 1. The van der Waals surface area contributed by atoms with Crippen LogP contribution in [0.4, 0.5) is 0 Å². The molecule has 1 fully saturated rings. The lowest BCUT2D eigenvalue weighted by Gasteiger charge is -2.39. The summed E-state index contributed by atoms with van der Waals surface area (Å²) in [5, 5.41) is 19.1. The molecule has 0 bridgehead atoms. The fourth-order valence-electron chi connectivity index (χ4n) is 1.72. The van der Waals surface area contributed by atoms with Crippen LogP contribution in [-0.2, 0) is 14.3 Å². The maximum Gasteiger partial charge on any atom is 0.303 e. The van der Waals surface area contributed by atoms with Crippen molar-refractivity contribution in [3.8, 4) is 0 Å². The highest BCUT2D eigenvalue weighted by Gasteiger charge is 2.42. The molecule has 0 aliphatic carbocycles. The first-order chi connectivity index (χ1) is 6.93. The van der Waals surface area contributed by atoms with Gasteiger partial charge < -0.3 is 19.7 Å². The predicted molar refractivity (Wildman–Crippen MR) is 52.1 cm³/mol. The Morgan fingerprint density at radius 1 is 1.47 bits per heavy atom. The van der Waals surface area contributed by atoms with E-state index in [9.17, 15) is 15.0 Å². The number of rotatable bonds is 2. The van der Waals surface area contributed by atoms with Gasteiger partial charge in [0.25, 0.3) is 0 Å². The van der Waals surface area contributed by atoms with Gasteiger partial charge in [0.1, 0.15) is 12.2 Å². The van der Waals surface area contributed by atoms with Crippen LogP contribution in [0.5, 0.6) is 0 Å². The minimum Gasteiger partial charge on any atom is -0.457 e. The highest BCUT2D eigenvalue weighted by Crippen LogP contribution is 2.24. The molecule has 1 rings (SSSR count). The molecule has 1 saturated heterocycles. The fourth-order valence-corrected chi connectivity index (χ4v) is 1.72. The average Bonchev–Trinajstić information content (AvgIpc) is 2.12. The summed E-state index contributed by atoms with van der Waals surface area (Å²) in [4.78, 5) is 10.9. The third kappa shape index (κ3) is 2.90. The second-order valence-electron chi connectivity index (χ2n) is 4.17. The number of aliphatic hydroxyl groups excluding tert-OH is 2. The Kier molecular flexibility index (Phi) is 4.07. The number of esters is 1. The minimum atomic E-state index is -1.07. The first-order valence-corrected chi connectivity index (χ1v) is 5.08. The molecule has 1 aliphatic heterocycles. The van der Waals surface area contributed by atoms with Crippen LogP contribution in [0.2, 0.25) is 0 Å². The summed E-state index contributed by atoms with van der Waals surface area (Å²) in [7, 11) is 0. The highest BCUT2D eigenvalue weighted by molar-refractivity contribution is 5.66. The zero-order valence-electron chi connectivity index (χ0n) is 9.21. The van der Waals surface area contributed by atoms with Gasteiger partial charge in [0, 0.05) is 6.92 Å². The van der Waals surface area contributed by atoms with Crippen LogP contribution < -0.4 is 0 Å². The standard InChI is InChI=1S/C10H18O5/c1-5(2)9-10(15-6(3)11)8(13)7(12)4-14-9/h5,7-10,12-13H,4H2,1-3H3. The Morgan fingerprint density at radius 2 is 2.07 bits per heavy atom. The Morgan fingerprint density at radius 3 is 2.53 bits per heavy atom. The topological polar surface area (TPSA) is 76.0 Å². The van der Waals surface area contributed by atoms with E-state index in [4.69, 9.17) is 9.47 Å². The van der Waals surface area contributed by atoms with Crippen molar-refractivity contribution in [2.75, 3.05) is 6.61 Å². The Labute approximate surface area is 89.0 Å². The molecule has 4 unspecified atom stereocenters. The van der Waals surface area contributed by atoms with Gasteiger partial charge in [-0.2, -0.15) is 0 Å². The maximum atomic E-state index is 10.9. The molecule has 2 N–H and O–H groups in total. The van der Waals surface area contributed by atoms with E-state index in [1.807, 2.05) is 13.8 Å². The lowest BCUT2D eigenvalue weighted by molar-refractivity contribution is -0.214. The van der Waals surface area contributed by atoms with E-state index >= 15 is 0 Å². The molecule has 1 heterocycles. The number of hydrogen-bond acceptors (Lipinski definition) is 5. The number of carbonyl (C=O) groups excluding carboxylic acids is 1. The maximum absolute atomic E-state index is 10.9. The third-order valence-electron chi connectivity index (χ3n) is 2.47. The minimum absolute atomic E-state index is 0.0712. The first kappa shape index (κ1) is 12.4. The van der Waals surface area contributed by atoms with Crippen molar-refractivity contribution in [2.24, 2.45) is 5.92 Å². The lowest BCUT2D eigenvalue weighted by Crippen LogP contribution is -2.56. The van der Waals surface area contributed by atoms with Crippen molar-refractivity contribution < 1.29 is 24.5 Å². The van der Waals surface area contributed by atoms with Gasteiger partial charge >= 0.3 is 5.97 Å². The molecule has 5 heteroatoms. The smallest absolute Gasteiger partial charge is 0.303 e. The second kappa shape index (κ2) is 4.92. The molecule has 5 nitrogen and oxygen atoms in total. The van der Waals surface area contributed by atoms with Crippen molar-refractivity contribution in [3.63, 3.8) is 0 Å². The van der Waals surface area contributed by atoms with E-state index in [0.717, 1.165) is 0 Å². The van der Waals surface area contributed by atoms with Crippen LogP contribution in [0.1, 0.15) is 20.8 Å². The lowest BCUT2D eigenvalue weighted by atomic mass is 9.92. The molecular formula is C10H18O5. The van der Waals surface area contributed by atoms with E-state index in [0.29, 0.717) is 0 Å². The van der Waals surface area contributed by atoms with Crippen molar-refractivity contribution >= 4 is 5.97 Å². The van der Waals surface area contributed by atoms with E-state index < -0.39 is 24.3 Å². The van der Waals surface area contributed by atoms with Crippen molar-refractivity contribution in [1.82, 2.24) is 0 Å². The Balaban J connectivity index is 2.74. The van der Waals surface area contributed by atoms with Gasteiger partial charge in [-0.05, 0) is 5.92 Å². The monoisotopic (exact) mass is 218 g/mol. The molecule has 0 aromatic rings. The van der Waals surface area contributed by atoms with E-state index in [1.165, 1.54) is 6.92 Å². The zero-order valence-corrected chi connectivity index (χ0v) is 9.21. The summed E-state index contributed by atoms with van der Waals surface area (Å²) >= 11 is 0. The summed E-state index contributed by atoms with van der Waals surface area (Å²) in [5.41, 5.74) is 0. The summed E-state index contributed by atoms with van der Waals surface area (Å²) in [6, 6.07) is 0. The molecular weight excluding hydrogens is 200 g/mol. The zero-order chi connectivity index (χ0) is 11.6. The molecule has 0 radical (unpaired) electrons. The van der Waals surface area contributed by atoms with Crippen LogP contribution in [0.15, 0.2) is 0 Å². The number of ether oxygens (including phenoxy) is 2. The van der Waals surface area contributed by atoms with Gasteiger partial charge in [-0.15, -0.1) is 0 Å². The van der Waals surface area contributed by atoms with Gasteiger partial charge in [-0.1, -0.05) is 13.8 Å². The van der Waals surface area contributed by atoms with E-state index in [-0.39, 0.29) is 18.6 Å². The molecule has 0 saturated carbocycles. The molecule has 0 aromatic heterocycles. The van der Waals surface area contributed by atoms with E-state index in [1.54, 1.807) is 0 Å². The van der Waals surface area contributed by atoms with Gasteiger partial charge in [0.15, 0.2) is 6.10 Å². The van der Waals surface area contributed by atoms with Crippen molar-refractivity contribution in [3.05, 3.63) is 0 Å². The second-order valence-corrected chi connectivity index (χ2v) is 4.17. The molecule has 1 aliphatic rings. The quantitative estimate of drug-likeness (QED) is 0.622. The molecule has 0 aromatic carbocycles. The molecule has 88 valence electrons. The van der Waals surface area contributed by atoms with Gasteiger partial charge in [0.2, 0.25) is 0 Å². The largest absolute Gasteiger partial charge is 0.457 e. The van der Waals surface area contributed by atoms with E-state index in [2.05, 4.69) is 0 Å². The summed E-state index contributed by atoms with van der Waals surface area (Å²) < 4.78 is 10.3. The predicted octanol–water partition coefficient (Wildman–Crippen LogP) is -0.305. The van der Waals surface area contributed by atoms with Crippen LogP contribution >= 0.6 is 0 Å². The molecule has 15 heavy (non-hydrogen) atoms. The SMILES string of the molecule is CC(=O)OC1C(O)C(O)COC1C(C)C. The number of hydrogen-bond donors (Lipinski definition) is 2.